The van der Waals surface area contributed by atoms with Crippen molar-refractivity contribution in [1.29, 1.82) is 5.26 Å². The maximum absolute atomic E-state index is 13.6. The molecule has 0 aliphatic heterocycles. The molecule has 0 heterocycles. The maximum atomic E-state index is 13.6. The van der Waals surface area contributed by atoms with Crippen LogP contribution in [0.25, 0.3) is 0 Å². The topological polar surface area (TPSA) is 42.2 Å². The smallest absolute Gasteiger partial charge is 0.175 e. The van der Waals surface area contributed by atoms with E-state index in [1.165, 1.54) is 6.07 Å². The van der Waals surface area contributed by atoms with Crippen LogP contribution in [0.15, 0.2) is 40.9 Å². The Labute approximate surface area is 131 Å². The van der Waals surface area contributed by atoms with Gasteiger partial charge in [0.1, 0.15) is 12.4 Å². The van der Waals surface area contributed by atoms with Gasteiger partial charge in [-0.25, -0.2) is 4.39 Å². The minimum Gasteiger partial charge on any atom is -0.490 e. The quantitative estimate of drug-likeness (QED) is 0.801. The third-order valence-electron chi connectivity index (χ3n) is 2.77. The molecule has 0 spiro atoms. The first-order valence-electron chi connectivity index (χ1n) is 6.38. The Morgan fingerprint density at radius 3 is 2.67 bits per heavy atom. The van der Waals surface area contributed by atoms with Gasteiger partial charge in [0.25, 0.3) is 0 Å². The Balaban J connectivity index is 2.27. The van der Waals surface area contributed by atoms with Gasteiger partial charge >= 0.3 is 0 Å². The number of hydrogen-bond acceptors (Lipinski definition) is 3. The first-order chi connectivity index (χ1) is 10.2. The molecule has 2 aromatic rings. The van der Waals surface area contributed by atoms with Gasteiger partial charge in [0.2, 0.25) is 0 Å². The normalized spacial score (nSPS) is 10.0. The summed E-state index contributed by atoms with van der Waals surface area (Å²) < 4.78 is 25.3. The zero-order valence-corrected chi connectivity index (χ0v) is 13.0. The molecule has 0 saturated carbocycles. The summed E-state index contributed by atoms with van der Waals surface area (Å²) in [6, 6.07) is 11.7. The zero-order valence-electron chi connectivity index (χ0n) is 11.4. The number of hydrogen-bond donors (Lipinski definition) is 0. The average molecular weight is 350 g/mol. The Kier molecular flexibility index (Phi) is 5.18. The summed E-state index contributed by atoms with van der Waals surface area (Å²) in [5, 5.41) is 8.97. The molecule has 0 aliphatic carbocycles. The number of halogens is 2. The van der Waals surface area contributed by atoms with E-state index >= 15 is 0 Å². The van der Waals surface area contributed by atoms with Crippen LogP contribution in [0.1, 0.15) is 18.1 Å². The van der Waals surface area contributed by atoms with Gasteiger partial charge in [0.15, 0.2) is 11.5 Å². The van der Waals surface area contributed by atoms with Crippen molar-refractivity contribution in [2.24, 2.45) is 0 Å². The molecule has 0 saturated heterocycles. The highest BCUT2D eigenvalue weighted by atomic mass is 79.9. The summed E-state index contributed by atoms with van der Waals surface area (Å²) in [5.74, 6) is 0.596. The Morgan fingerprint density at radius 2 is 2.00 bits per heavy atom. The predicted octanol–water partition coefficient (Wildman–Crippen LogP) is 4.44. The van der Waals surface area contributed by atoms with Gasteiger partial charge in [0, 0.05) is 11.6 Å². The molecule has 0 bridgehead atoms. The highest BCUT2D eigenvalue weighted by Crippen LogP contribution is 2.37. The molecule has 108 valence electrons. The molecule has 0 amide bonds. The highest BCUT2D eigenvalue weighted by molar-refractivity contribution is 9.10. The fourth-order valence-electron chi connectivity index (χ4n) is 1.80. The van der Waals surface area contributed by atoms with Crippen LogP contribution in [-0.4, -0.2) is 6.61 Å². The van der Waals surface area contributed by atoms with E-state index in [1.807, 2.05) is 6.92 Å². The standard InChI is InChI=1S/C16H13BrFNO2/c1-2-20-15-8-11(9-19)7-13(17)16(15)21-10-12-5-3-4-6-14(12)18/h3-8H,2,10H2,1H3. The third kappa shape index (κ3) is 3.73. The number of rotatable bonds is 5. The summed E-state index contributed by atoms with van der Waals surface area (Å²) in [5.41, 5.74) is 0.916. The maximum Gasteiger partial charge on any atom is 0.175 e. The van der Waals surface area contributed by atoms with Crippen molar-refractivity contribution in [2.45, 2.75) is 13.5 Å². The van der Waals surface area contributed by atoms with Gasteiger partial charge in [-0.15, -0.1) is 0 Å². The van der Waals surface area contributed by atoms with E-state index in [2.05, 4.69) is 22.0 Å². The molecule has 0 aliphatic rings. The Bertz CT molecular complexity index is 682. The molecule has 3 nitrogen and oxygen atoms in total. The third-order valence-corrected chi connectivity index (χ3v) is 3.36. The van der Waals surface area contributed by atoms with Crippen LogP contribution in [0.2, 0.25) is 0 Å². The first-order valence-corrected chi connectivity index (χ1v) is 7.17. The van der Waals surface area contributed by atoms with E-state index in [9.17, 15) is 4.39 Å². The fraction of sp³-hybridized carbons (Fsp3) is 0.188. The van der Waals surface area contributed by atoms with Crippen LogP contribution >= 0.6 is 15.9 Å². The molecule has 0 aromatic heterocycles. The van der Waals surface area contributed by atoms with E-state index in [-0.39, 0.29) is 12.4 Å². The average Bonchev–Trinajstić information content (AvgIpc) is 2.48. The van der Waals surface area contributed by atoms with Crippen molar-refractivity contribution >= 4 is 15.9 Å². The largest absolute Gasteiger partial charge is 0.490 e. The molecule has 0 unspecified atom stereocenters. The van der Waals surface area contributed by atoms with Crippen LogP contribution in [0.3, 0.4) is 0 Å². The predicted molar refractivity (Wildman–Crippen MR) is 80.8 cm³/mol. The molecule has 0 radical (unpaired) electrons. The molecule has 21 heavy (non-hydrogen) atoms. The van der Waals surface area contributed by atoms with Gasteiger partial charge in [-0.1, -0.05) is 18.2 Å². The van der Waals surface area contributed by atoms with E-state index in [1.54, 1.807) is 30.3 Å². The second-order valence-corrected chi connectivity index (χ2v) is 5.06. The minimum atomic E-state index is -0.319. The van der Waals surface area contributed by atoms with Gasteiger partial charge in [-0.05, 0) is 35.0 Å². The summed E-state index contributed by atoms with van der Waals surface area (Å²) in [6.07, 6.45) is 0. The van der Waals surface area contributed by atoms with Crippen LogP contribution < -0.4 is 9.47 Å². The SMILES string of the molecule is CCOc1cc(C#N)cc(Br)c1OCc1ccccc1F. The van der Waals surface area contributed by atoms with Crippen molar-refractivity contribution in [1.82, 2.24) is 0 Å². The lowest BCUT2D eigenvalue weighted by atomic mass is 10.2. The van der Waals surface area contributed by atoms with Crippen molar-refractivity contribution in [2.75, 3.05) is 6.61 Å². The molecule has 0 atom stereocenters. The van der Waals surface area contributed by atoms with E-state index in [0.717, 1.165) is 0 Å². The van der Waals surface area contributed by atoms with Gasteiger partial charge < -0.3 is 9.47 Å². The zero-order chi connectivity index (χ0) is 15.2. The van der Waals surface area contributed by atoms with Crippen LogP contribution in [0.5, 0.6) is 11.5 Å². The highest BCUT2D eigenvalue weighted by Gasteiger charge is 2.13. The molecule has 5 heteroatoms. The second kappa shape index (κ2) is 7.09. The molecule has 2 rings (SSSR count). The molecule has 0 N–H and O–H groups in total. The van der Waals surface area contributed by atoms with Crippen LogP contribution in [0, 0.1) is 17.1 Å². The number of ether oxygens (including phenoxy) is 2. The van der Waals surface area contributed by atoms with Crippen molar-refractivity contribution in [3.63, 3.8) is 0 Å². The van der Waals surface area contributed by atoms with E-state index in [0.29, 0.717) is 33.7 Å². The van der Waals surface area contributed by atoms with Gasteiger partial charge in [-0.2, -0.15) is 5.26 Å². The Morgan fingerprint density at radius 1 is 1.24 bits per heavy atom. The molecular weight excluding hydrogens is 337 g/mol. The number of benzene rings is 2. The second-order valence-electron chi connectivity index (χ2n) is 4.21. The van der Waals surface area contributed by atoms with Gasteiger partial charge in [0.05, 0.1) is 22.7 Å². The Hall–Kier alpha value is -2.06. The lowest BCUT2D eigenvalue weighted by molar-refractivity contribution is 0.264. The molecule has 2 aromatic carbocycles. The minimum absolute atomic E-state index is 0.0806. The summed E-state index contributed by atoms with van der Waals surface area (Å²) >= 11 is 3.35. The van der Waals surface area contributed by atoms with Crippen molar-refractivity contribution < 1.29 is 13.9 Å². The summed E-state index contributed by atoms with van der Waals surface area (Å²) in [4.78, 5) is 0. The molecule has 0 fully saturated rings. The van der Waals surface area contributed by atoms with Crippen molar-refractivity contribution in [3.05, 3.63) is 57.8 Å². The van der Waals surface area contributed by atoms with Crippen LogP contribution in [-0.2, 0) is 6.61 Å². The fourth-order valence-corrected chi connectivity index (χ4v) is 2.36. The first kappa shape index (κ1) is 15.3. The van der Waals surface area contributed by atoms with E-state index < -0.39 is 0 Å². The monoisotopic (exact) mass is 349 g/mol. The summed E-state index contributed by atoms with van der Waals surface area (Å²) in [6.45, 7) is 2.36. The number of nitriles is 1. The van der Waals surface area contributed by atoms with Gasteiger partial charge in [-0.3, -0.25) is 0 Å². The van der Waals surface area contributed by atoms with Crippen LogP contribution in [0.4, 0.5) is 4.39 Å². The van der Waals surface area contributed by atoms with E-state index in [4.69, 9.17) is 14.7 Å². The lowest BCUT2D eigenvalue weighted by Crippen LogP contribution is -2.02. The lowest BCUT2D eigenvalue weighted by Gasteiger charge is -2.14. The van der Waals surface area contributed by atoms with Crippen molar-refractivity contribution in [3.8, 4) is 17.6 Å². The molecular formula is C16H13BrFNO2. The number of nitrogens with zero attached hydrogens (tertiary/aromatic N) is 1. The summed E-state index contributed by atoms with van der Waals surface area (Å²) in [7, 11) is 0.